The van der Waals surface area contributed by atoms with Crippen molar-refractivity contribution >= 4 is 15.7 Å². The first kappa shape index (κ1) is 16.9. The maximum absolute atomic E-state index is 12.0. The first-order chi connectivity index (χ1) is 10.4. The number of carbonyl (C=O) groups is 1. The summed E-state index contributed by atoms with van der Waals surface area (Å²) in [6.07, 6.45) is 1.54. The smallest absolute Gasteiger partial charge is 0.222 e. The molecule has 1 aromatic carbocycles. The molecule has 0 aromatic heterocycles. The van der Waals surface area contributed by atoms with Gasteiger partial charge in [0.05, 0.1) is 24.2 Å². The Morgan fingerprint density at radius 3 is 2.64 bits per heavy atom. The summed E-state index contributed by atoms with van der Waals surface area (Å²) in [5.41, 5.74) is 0.869. The topological polar surface area (TPSA) is 84.5 Å². The molecule has 2 N–H and O–H groups in total. The highest BCUT2D eigenvalue weighted by atomic mass is 32.2. The van der Waals surface area contributed by atoms with Gasteiger partial charge in [-0.2, -0.15) is 0 Å². The lowest BCUT2D eigenvalue weighted by Crippen LogP contribution is -2.44. The predicted octanol–water partition coefficient (Wildman–Crippen LogP) is 0.646. The molecule has 0 saturated carbocycles. The molecule has 2 rings (SSSR count). The zero-order valence-corrected chi connectivity index (χ0v) is 13.7. The van der Waals surface area contributed by atoms with Gasteiger partial charge in [0.15, 0.2) is 9.84 Å². The van der Waals surface area contributed by atoms with E-state index >= 15 is 0 Å². The molecule has 0 spiro atoms. The van der Waals surface area contributed by atoms with Crippen molar-refractivity contribution in [3.8, 4) is 0 Å². The molecule has 1 aliphatic rings. The van der Waals surface area contributed by atoms with Gasteiger partial charge < -0.3 is 15.4 Å². The van der Waals surface area contributed by atoms with E-state index in [2.05, 4.69) is 10.6 Å². The number of sulfone groups is 1. The summed E-state index contributed by atoms with van der Waals surface area (Å²) in [6.45, 7) is 3.87. The van der Waals surface area contributed by atoms with E-state index in [0.717, 1.165) is 12.1 Å². The number of rotatable bonds is 5. The molecule has 1 saturated heterocycles. The average Bonchev–Trinajstić information content (AvgIpc) is 2.47. The van der Waals surface area contributed by atoms with Crippen molar-refractivity contribution in [3.63, 3.8) is 0 Å². The van der Waals surface area contributed by atoms with Gasteiger partial charge in [-0.25, -0.2) is 8.42 Å². The number of amides is 1. The van der Waals surface area contributed by atoms with Crippen LogP contribution in [0.15, 0.2) is 29.2 Å². The maximum atomic E-state index is 12.0. The number of hydrogen-bond acceptors (Lipinski definition) is 5. The standard InChI is InChI=1S/C15H22N2O4S/c1-11(12-3-5-14(6-4-12)22(2,19)20)17-15(18)9-13-10-21-8-7-16-13/h3-6,11,13,16H,7-10H2,1-2H3,(H,17,18). The molecular weight excluding hydrogens is 304 g/mol. The molecule has 6 nitrogen and oxygen atoms in total. The summed E-state index contributed by atoms with van der Waals surface area (Å²) < 4.78 is 28.2. The van der Waals surface area contributed by atoms with Crippen LogP contribution >= 0.6 is 0 Å². The Kier molecular flexibility index (Phi) is 5.55. The quantitative estimate of drug-likeness (QED) is 0.830. The van der Waals surface area contributed by atoms with Crippen LogP contribution in [0.1, 0.15) is 24.9 Å². The summed E-state index contributed by atoms with van der Waals surface area (Å²) >= 11 is 0. The summed E-state index contributed by atoms with van der Waals surface area (Å²) in [4.78, 5) is 12.3. The fraction of sp³-hybridized carbons (Fsp3) is 0.533. The van der Waals surface area contributed by atoms with E-state index in [1.807, 2.05) is 6.92 Å². The molecule has 1 aliphatic heterocycles. The van der Waals surface area contributed by atoms with E-state index in [1.165, 1.54) is 6.26 Å². The van der Waals surface area contributed by atoms with E-state index in [9.17, 15) is 13.2 Å². The fourth-order valence-electron chi connectivity index (χ4n) is 2.36. The monoisotopic (exact) mass is 326 g/mol. The van der Waals surface area contributed by atoms with Crippen LogP contribution in [0.25, 0.3) is 0 Å². The van der Waals surface area contributed by atoms with Crippen molar-refractivity contribution in [3.05, 3.63) is 29.8 Å². The minimum absolute atomic E-state index is 0.0496. The lowest BCUT2D eigenvalue weighted by Gasteiger charge is -2.24. The van der Waals surface area contributed by atoms with Gasteiger partial charge in [-0.15, -0.1) is 0 Å². The Labute approximate surface area is 131 Å². The van der Waals surface area contributed by atoms with Gasteiger partial charge >= 0.3 is 0 Å². The van der Waals surface area contributed by atoms with Gasteiger partial charge in [0, 0.05) is 25.3 Å². The Morgan fingerprint density at radius 1 is 1.41 bits per heavy atom. The van der Waals surface area contributed by atoms with Crippen molar-refractivity contribution in [1.29, 1.82) is 0 Å². The van der Waals surface area contributed by atoms with Crippen LogP contribution < -0.4 is 10.6 Å². The van der Waals surface area contributed by atoms with E-state index in [0.29, 0.717) is 19.6 Å². The summed E-state index contributed by atoms with van der Waals surface area (Å²) in [6, 6.07) is 6.44. The number of carbonyl (C=O) groups excluding carboxylic acids is 1. The second kappa shape index (κ2) is 7.21. The molecular formula is C15H22N2O4S. The summed E-state index contributed by atoms with van der Waals surface area (Å²) in [5.74, 6) is -0.0531. The predicted molar refractivity (Wildman–Crippen MR) is 83.3 cm³/mol. The third-order valence-electron chi connectivity index (χ3n) is 3.62. The van der Waals surface area contributed by atoms with Crippen LogP contribution in [-0.4, -0.2) is 46.4 Å². The average molecular weight is 326 g/mol. The van der Waals surface area contributed by atoms with Gasteiger partial charge in [0.25, 0.3) is 0 Å². The first-order valence-corrected chi connectivity index (χ1v) is 9.16. The normalized spacial score (nSPS) is 20.4. The molecule has 2 unspecified atom stereocenters. The highest BCUT2D eigenvalue weighted by Crippen LogP contribution is 2.16. The van der Waals surface area contributed by atoms with Gasteiger partial charge in [-0.3, -0.25) is 4.79 Å². The number of morpholine rings is 1. The van der Waals surface area contributed by atoms with Crippen LogP contribution in [-0.2, 0) is 19.4 Å². The zero-order valence-electron chi connectivity index (χ0n) is 12.8. The SMILES string of the molecule is CC(NC(=O)CC1COCCN1)c1ccc(S(C)(=O)=O)cc1. The molecule has 7 heteroatoms. The molecule has 1 aromatic rings. The molecule has 0 radical (unpaired) electrons. The van der Waals surface area contributed by atoms with Crippen molar-refractivity contribution < 1.29 is 17.9 Å². The molecule has 1 heterocycles. The Morgan fingerprint density at radius 2 is 2.09 bits per heavy atom. The molecule has 22 heavy (non-hydrogen) atoms. The van der Waals surface area contributed by atoms with Crippen molar-refractivity contribution in [2.24, 2.45) is 0 Å². The highest BCUT2D eigenvalue weighted by molar-refractivity contribution is 7.90. The third kappa shape index (κ3) is 4.79. The van der Waals surface area contributed by atoms with Crippen molar-refractivity contribution in [2.75, 3.05) is 26.0 Å². The van der Waals surface area contributed by atoms with E-state index in [1.54, 1.807) is 24.3 Å². The van der Waals surface area contributed by atoms with Crippen LogP contribution in [0.5, 0.6) is 0 Å². The number of benzene rings is 1. The Hall–Kier alpha value is -1.44. The first-order valence-electron chi connectivity index (χ1n) is 7.27. The van der Waals surface area contributed by atoms with Gasteiger partial charge in [-0.05, 0) is 24.6 Å². The lowest BCUT2D eigenvalue weighted by molar-refractivity contribution is -0.122. The van der Waals surface area contributed by atoms with Crippen LogP contribution in [0.2, 0.25) is 0 Å². The molecule has 1 amide bonds. The van der Waals surface area contributed by atoms with E-state index in [4.69, 9.17) is 4.74 Å². The fourth-order valence-corrected chi connectivity index (χ4v) is 2.99. The molecule has 0 bridgehead atoms. The van der Waals surface area contributed by atoms with Gasteiger partial charge in [-0.1, -0.05) is 12.1 Å². The van der Waals surface area contributed by atoms with E-state index < -0.39 is 9.84 Å². The molecule has 0 aliphatic carbocycles. The number of nitrogens with one attached hydrogen (secondary N) is 2. The van der Waals surface area contributed by atoms with E-state index in [-0.39, 0.29) is 22.9 Å². The van der Waals surface area contributed by atoms with Crippen LogP contribution in [0.4, 0.5) is 0 Å². The van der Waals surface area contributed by atoms with Crippen LogP contribution in [0.3, 0.4) is 0 Å². The Bertz CT molecular complexity index is 607. The molecule has 2 atom stereocenters. The van der Waals surface area contributed by atoms with Crippen molar-refractivity contribution in [1.82, 2.24) is 10.6 Å². The minimum Gasteiger partial charge on any atom is -0.378 e. The summed E-state index contributed by atoms with van der Waals surface area (Å²) in [5, 5.41) is 6.15. The molecule has 1 fully saturated rings. The number of hydrogen-bond donors (Lipinski definition) is 2. The lowest BCUT2D eigenvalue weighted by atomic mass is 10.1. The maximum Gasteiger partial charge on any atom is 0.222 e. The largest absolute Gasteiger partial charge is 0.378 e. The second-order valence-electron chi connectivity index (χ2n) is 5.56. The third-order valence-corrected chi connectivity index (χ3v) is 4.74. The van der Waals surface area contributed by atoms with Gasteiger partial charge in [0.1, 0.15) is 0 Å². The molecule has 122 valence electrons. The second-order valence-corrected chi connectivity index (χ2v) is 7.58. The minimum atomic E-state index is -3.20. The highest BCUT2D eigenvalue weighted by Gasteiger charge is 2.18. The zero-order chi connectivity index (χ0) is 16.2. The van der Waals surface area contributed by atoms with Gasteiger partial charge in [0.2, 0.25) is 5.91 Å². The van der Waals surface area contributed by atoms with Crippen LogP contribution in [0, 0.1) is 0 Å². The number of ether oxygens (including phenoxy) is 1. The summed E-state index contributed by atoms with van der Waals surface area (Å²) in [7, 11) is -3.20. The van der Waals surface area contributed by atoms with Crippen molar-refractivity contribution in [2.45, 2.75) is 30.3 Å². The Balaban J connectivity index is 1.90.